The van der Waals surface area contributed by atoms with Crippen LogP contribution >= 0.6 is 0 Å². The molecule has 1 aliphatic heterocycles. The zero-order chi connectivity index (χ0) is 17.2. The molecule has 5 heteroatoms. The summed E-state index contributed by atoms with van der Waals surface area (Å²) < 4.78 is 5.22. The van der Waals surface area contributed by atoms with Crippen LogP contribution in [0, 0.1) is 10.8 Å². The maximum atomic E-state index is 11.4. The first-order valence-electron chi connectivity index (χ1n) is 8.80. The summed E-state index contributed by atoms with van der Waals surface area (Å²) in [5.74, 6) is 0.246. The zero-order valence-corrected chi connectivity index (χ0v) is 14.5. The number of rotatable bonds is 7. The van der Waals surface area contributed by atoms with Gasteiger partial charge in [0.15, 0.2) is 0 Å². The van der Waals surface area contributed by atoms with Crippen LogP contribution in [0.2, 0.25) is 0 Å². The molecule has 1 aliphatic carbocycles. The van der Waals surface area contributed by atoms with Crippen molar-refractivity contribution in [3.8, 4) is 5.75 Å². The van der Waals surface area contributed by atoms with Gasteiger partial charge in [-0.2, -0.15) is 0 Å². The first-order chi connectivity index (χ1) is 11.5. The van der Waals surface area contributed by atoms with Gasteiger partial charge >= 0.3 is 5.97 Å². The molecule has 1 heterocycles. The highest BCUT2D eigenvalue weighted by Gasteiger charge is 2.51. The summed E-state index contributed by atoms with van der Waals surface area (Å²) in [6, 6.07) is 8.23. The Morgan fingerprint density at radius 3 is 2.29 bits per heavy atom. The average molecular weight is 332 g/mol. The van der Waals surface area contributed by atoms with E-state index in [0.717, 1.165) is 50.9 Å². The SMILES string of the molecule is COc1ccc(CC2(CN)CCN(CC3(C(=O)O)CC3)CC2)cc1. The Hall–Kier alpha value is -1.59. The molecule has 5 nitrogen and oxygen atoms in total. The van der Waals surface area contributed by atoms with Gasteiger partial charge in [-0.15, -0.1) is 0 Å². The van der Waals surface area contributed by atoms with Gasteiger partial charge < -0.3 is 20.5 Å². The molecule has 1 aromatic carbocycles. The highest BCUT2D eigenvalue weighted by Crippen LogP contribution is 2.47. The minimum atomic E-state index is -0.628. The Bertz CT molecular complexity index is 573. The first kappa shape index (κ1) is 17.2. The number of aliphatic carboxylic acids is 1. The van der Waals surface area contributed by atoms with E-state index in [1.807, 2.05) is 12.1 Å². The van der Waals surface area contributed by atoms with Gasteiger partial charge in [0.05, 0.1) is 12.5 Å². The maximum absolute atomic E-state index is 11.4. The van der Waals surface area contributed by atoms with Gasteiger partial charge in [0.2, 0.25) is 0 Å². The number of hydrogen-bond acceptors (Lipinski definition) is 4. The molecule has 0 spiro atoms. The number of piperidine rings is 1. The molecule has 2 fully saturated rings. The van der Waals surface area contributed by atoms with E-state index >= 15 is 0 Å². The van der Waals surface area contributed by atoms with Crippen molar-refractivity contribution in [1.29, 1.82) is 0 Å². The fourth-order valence-corrected chi connectivity index (χ4v) is 3.83. The summed E-state index contributed by atoms with van der Waals surface area (Å²) in [7, 11) is 1.68. The molecule has 2 aliphatic rings. The molecule has 0 bridgehead atoms. The predicted octanol–water partition coefficient (Wildman–Crippen LogP) is 2.14. The van der Waals surface area contributed by atoms with Crippen molar-refractivity contribution in [1.82, 2.24) is 4.90 Å². The highest BCUT2D eigenvalue weighted by molar-refractivity contribution is 5.78. The van der Waals surface area contributed by atoms with Crippen molar-refractivity contribution in [3.05, 3.63) is 29.8 Å². The smallest absolute Gasteiger partial charge is 0.310 e. The molecule has 0 radical (unpaired) electrons. The third kappa shape index (κ3) is 3.57. The van der Waals surface area contributed by atoms with Crippen LogP contribution in [0.5, 0.6) is 5.75 Å². The summed E-state index contributed by atoms with van der Waals surface area (Å²) in [6.45, 7) is 3.27. The standard InChI is InChI=1S/C19H28N2O3/c1-24-16-4-2-15(3-5-16)12-18(13-20)8-10-21(11-9-18)14-19(6-7-19)17(22)23/h2-5H,6-14,20H2,1H3,(H,22,23). The predicted molar refractivity (Wildman–Crippen MR) is 93.2 cm³/mol. The number of nitrogens with zero attached hydrogens (tertiary/aromatic N) is 1. The summed E-state index contributed by atoms with van der Waals surface area (Å²) >= 11 is 0. The van der Waals surface area contributed by atoms with E-state index in [0.29, 0.717) is 13.1 Å². The van der Waals surface area contributed by atoms with Crippen molar-refractivity contribution in [2.24, 2.45) is 16.6 Å². The quantitative estimate of drug-likeness (QED) is 0.800. The second-order valence-electron chi connectivity index (χ2n) is 7.59. The van der Waals surface area contributed by atoms with E-state index in [4.69, 9.17) is 10.5 Å². The van der Waals surface area contributed by atoms with E-state index in [1.54, 1.807) is 7.11 Å². The molecular formula is C19H28N2O3. The van der Waals surface area contributed by atoms with Crippen LogP contribution in [0.15, 0.2) is 24.3 Å². The molecule has 1 saturated heterocycles. The topological polar surface area (TPSA) is 75.8 Å². The number of carboxylic acid groups (broad SMARTS) is 1. The average Bonchev–Trinajstić information content (AvgIpc) is 3.38. The van der Waals surface area contributed by atoms with Crippen LogP contribution in [0.25, 0.3) is 0 Å². The van der Waals surface area contributed by atoms with Crippen molar-refractivity contribution in [2.45, 2.75) is 32.1 Å². The minimum Gasteiger partial charge on any atom is -0.497 e. The normalized spacial score (nSPS) is 22.1. The van der Waals surface area contributed by atoms with E-state index in [1.165, 1.54) is 5.56 Å². The molecule has 132 valence electrons. The van der Waals surface area contributed by atoms with Gasteiger partial charge in [0, 0.05) is 6.54 Å². The monoisotopic (exact) mass is 332 g/mol. The largest absolute Gasteiger partial charge is 0.497 e. The van der Waals surface area contributed by atoms with Crippen molar-refractivity contribution >= 4 is 5.97 Å². The number of nitrogens with two attached hydrogens (primary N) is 1. The second kappa shape index (κ2) is 6.73. The fraction of sp³-hybridized carbons (Fsp3) is 0.632. The summed E-state index contributed by atoms with van der Waals surface area (Å²) in [5.41, 5.74) is 7.10. The molecule has 24 heavy (non-hydrogen) atoms. The lowest BCUT2D eigenvalue weighted by molar-refractivity contribution is -0.144. The number of carboxylic acids is 1. The Labute approximate surface area is 143 Å². The molecule has 1 saturated carbocycles. The molecule has 0 unspecified atom stereocenters. The number of carbonyl (C=O) groups is 1. The first-order valence-corrected chi connectivity index (χ1v) is 8.80. The number of benzene rings is 1. The maximum Gasteiger partial charge on any atom is 0.310 e. The van der Waals surface area contributed by atoms with Crippen LogP contribution < -0.4 is 10.5 Å². The Morgan fingerprint density at radius 1 is 1.21 bits per heavy atom. The van der Waals surface area contributed by atoms with Crippen molar-refractivity contribution < 1.29 is 14.6 Å². The molecule has 0 aromatic heterocycles. The van der Waals surface area contributed by atoms with E-state index in [-0.39, 0.29) is 5.41 Å². The fourth-order valence-electron chi connectivity index (χ4n) is 3.83. The van der Waals surface area contributed by atoms with Gasteiger partial charge in [-0.1, -0.05) is 12.1 Å². The Morgan fingerprint density at radius 2 is 1.83 bits per heavy atom. The van der Waals surface area contributed by atoms with Crippen LogP contribution in [0.3, 0.4) is 0 Å². The van der Waals surface area contributed by atoms with Gasteiger partial charge in [0.25, 0.3) is 0 Å². The lowest BCUT2D eigenvalue weighted by Gasteiger charge is -2.42. The van der Waals surface area contributed by atoms with E-state index < -0.39 is 11.4 Å². The molecule has 0 amide bonds. The van der Waals surface area contributed by atoms with Gasteiger partial charge in [0.1, 0.15) is 5.75 Å². The molecule has 0 atom stereocenters. The summed E-state index contributed by atoms with van der Waals surface area (Å²) in [6.07, 6.45) is 4.70. The summed E-state index contributed by atoms with van der Waals surface area (Å²) in [5, 5.41) is 9.36. The third-order valence-electron chi connectivity index (χ3n) is 5.92. The van der Waals surface area contributed by atoms with Crippen LogP contribution in [0.1, 0.15) is 31.2 Å². The van der Waals surface area contributed by atoms with E-state index in [9.17, 15) is 9.90 Å². The highest BCUT2D eigenvalue weighted by atomic mass is 16.5. The Balaban J connectivity index is 1.58. The van der Waals surface area contributed by atoms with Crippen LogP contribution in [-0.2, 0) is 11.2 Å². The Kier molecular flexibility index (Phi) is 4.83. The molecule has 3 N–H and O–H groups in total. The van der Waals surface area contributed by atoms with Crippen LogP contribution in [0.4, 0.5) is 0 Å². The summed E-state index contributed by atoms with van der Waals surface area (Å²) in [4.78, 5) is 13.7. The molecule has 3 rings (SSSR count). The molecule has 1 aromatic rings. The van der Waals surface area contributed by atoms with Crippen molar-refractivity contribution in [3.63, 3.8) is 0 Å². The second-order valence-corrected chi connectivity index (χ2v) is 7.59. The lowest BCUT2D eigenvalue weighted by atomic mass is 9.73. The number of likely N-dealkylation sites (tertiary alicyclic amines) is 1. The third-order valence-corrected chi connectivity index (χ3v) is 5.92. The number of ether oxygens (including phenoxy) is 1. The van der Waals surface area contributed by atoms with Crippen LogP contribution in [-0.4, -0.2) is 49.3 Å². The van der Waals surface area contributed by atoms with Crippen molar-refractivity contribution in [2.75, 3.05) is 33.3 Å². The minimum absolute atomic E-state index is 0.130. The van der Waals surface area contributed by atoms with Gasteiger partial charge in [-0.3, -0.25) is 4.79 Å². The zero-order valence-electron chi connectivity index (χ0n) is 14.5. The molecular weight excluding hydrogens is 304 g/mol. The van der Waals surface area contributed by atoms with E-state index in [2.05, 4.69) is 17.0 Å². The number of methoxy groups -OCH3 is 1. The van der Waals surface area contributed by atoms with Gasteiger partial charge in [-0.05, 0) is 74.8 Å². The lowest BCUT2D eigenvalue weighted by Crippen LogP contribution is -2.47. The number of hydrogen-bond donors (Lipinski definition) is 2. The van der Waals surface area contributed by atoms with Gasteiger partial charge in [-0.25, -0.2) is 0 Å².